The lowest BCUT2D eigenvalue weighted by molar-refractivity contribution is -0.383. The van der Waals surface area contributed by atoms with Crippen molar-refractivity contribution in [2.45, 2.75) is 77.2 Å². The predicted molar refractivity (Wildman–Crippen MR) is 154 cm³/mol. The van der Waals surface area contributed by atoms with Gasteiger partial charge in [-0.1, -0.05) is 51.6 Å². The van der Waals surface area contributed by atoms with Crippen LogP contribution < -0.4 is 5.56 Å². The Bertz CT molecular complexity index is 1490. The highest BCUT2D eigenvalue weighted by Crippen LogP contribution is 2.68. The van der Waals surface area contributed by atoms with E-state index in [9.17, 15) is 29.6 Å². The van der Waals surface area contributed by atoms with Crippen molar-refractivity contribution >= 4 is 40.1 Å². The molecular formula is C30H37N3O7S. The topological polar surface area (TPSA) is 152 Å². The number of rotatable bonds is 6. The highest BCUT2D eigenvalue weighted by atomic mass is 32.2. The number of carbonyl (C=O) groups excluding carboxylic acids is 2. The molecule has 2 bridgehead atoms. The second kappa shape index (κ2) is 10.3. The first-order chi connectivity index (χ1) is 19.3. The Kier molecular flexibility index (Phi) is 7.43. The number of aliphatic hydroxyl groups excluding tert-OH is 1. The lowest BCUT2D eigenvalue weighted by Gasteiger charge is -2.61. The molecule has 0 amide bonds. The number of fused-ring (bicyclic) bond motifs is 1. The first-order valence-electron chi connectivity index (χ1n) is 14.1. The highest BCUT2D eigenvalue weighted by molar-refractivity contribution is 7.99. The number of nitrogens with one attached hydrogen (secondary N) is 1. The van der Waals surface area contributed by atoms with Crippen molar-refractivity contribution in [3.63, 3.8) is 0 Å². The molecule has 3 fully saturated rings. The number of hydrogen-bond acceptors (Lipinski definition) is 9. The first kappa shape index (κ1) is 29.4. The summed E-state index contributed by atoms with van der Waals surface area (Å²) in [4.78, 5) is 57.1. The summed E-state index contributed by atoms with van der Waals surface area (Å²) >= 11 is 0.970. The van der Waals surface area contributed by atoms with Gasteiger partial charge in [0.25, 0.3) is 11.2 Å². The molecule has 220 valence electrons. The molecule has 0 spiro atoms. The molecule has 1 aromatic heterocycles. The zero-order chi connectivity index (χ0) is 29.9. The van der Waals surface area contributed by atoms with Gasteiger partial charge in [-0.2, -0.15) is 0 Å². The fourth-order valence-electron chi connectivity index (χ4n) is 8.19. The van der Waals surface area contributed by atoms with E-state index in [2.05, 4.69) is 37.3 Å². The number of ether oxygens (including phenoxy) is 1. The number of thioether (sulfide) groups is 1. The van der Waals surface area contributed by atoms with Gasteiger partial charge in [0.05, 0.1) is 22.3 Å². The summed E-state index contributed by atoms with van der Waals surface area (Å²) < 4.78 is 6.23. The van der Waals surface area contributed by atoms with Crippen molar-refractivity contribution in [1.82, 2.24) is 9.97 Å². The van der Waals surface area contributed by atoms with Crippen molar-refractivity contribution in [3.05, 3.63) is 51.3 Å². The molecule has 5 rings (SSSR count). The number of nitro benzene ring substituents is 1. The fourth-order valence-corrected chi connectivity index (χ4v) is 8.84. The Hall–Kier alpha value is -3.05. The molecule has 3 aliphatic carbocycles. The summed E-state index contributed by atoms with van der Waals surface area (Å²) in [5, 5.41) is 23.0. The number of H-pyrrole nitrogens is 1. The Morgan fingerprint density at radius 1 is 1.32 bits per heavy atom. The van der Waals surface area contributed by atoms with E-state index in [0.717, 1.165) is 31.0 Å². The smallest absolute Gasteiger partial charge is 0.316 e. The van der Waals surface area contributed by atoms with E-state index in [1.165, 1.54) is 18.2 Å². The molecule has 0 radical (unpaired) electrons. The average Bonchev–Trinajstić information content (AvgIpc) is 3.29. The van der Waals surface area contributed by atoms with E-state index in [-0.39, 0.29) is 56.5 Å². The number of non-ortho nitro benzene ring substituents is 1. The van der Waals surface area contributed by atoms with E-state index >= 15 is 0 Å². The molecule has 0 aliphatic heterocycles. The maximum absolute atomic E-state index is 13.5. The zero-order valence-electron chi connectivity index (χ0n) is 23.8. The van der Waals surface area contributed by atoms with E-state index in [1.54, 1.807) is 6.08 Å². The zero-order valence-corrected chi connectivity index (χ0v) is 24.7. The summed E-state index contributed by atoms with van der Waals surface area (Å²) in [6.07, 6.45) is 3.59. The molecule has 2 aromatic rings. The summed E-state index contributed by atoms with van der Waals surface area (Å²) in [5.74, 6) is -0.851. The number of nitrogens with zero attached hydrogens (tertiary/aromatic N) is 2. The summed E-state index contributed by atoms with van der Waals surface area (Å²) in [7, 11) is 0. The van der Waals surface area contributed by atoms with Gasteiger partial charge in [0.2, 0.25) is 0 Å². The van der Waals surface area contributed by atoms with Gasteiger partial charge in [0, 0.05) is 29.2 Å². The lowest BCUT2D eigenvalue weighted by Crippen LogP contribution is -2.63. The van der Waals surface area contributed by atoms with Gasteiger partial charge < -0.3 is 14.8 Å². The largest absolute Gasteiger partial charge is 0.461 e. The number of aliphatic hydroxyl groups is 1. The number of aromatic nitrogens is 2. The number of benzene rings is 1. The summed E-state index contributed by atoms with van der Waals surface area (Å²) in [6.45, 7) is 12.2. The van der Waals surface area contributed by atoms with Crippen LogP contribution in [0.4, 0.5) is 5.69 Å². The van der Waals surface area contributed by atoms with Crippen LogP contribution in [0.3, 0.4) is 0 Å². The molecular weight excluding hydrogens is 546 g/mol. The van der Waals surface area contributed by atoms with Crippen LogP contribution in [0.1, 0.15) is 59.8 Å². The van der Waals surface area contributed by atoms with E-state index in [4.69, 9.17) is 4.74 Å². The summed E-state index contributed by atoms with van der Waals surface area (Å²) in [5.41, 5.74) is -2.58. The van der Waals surface area contributed by atoms with Crippen molar-refractivity contribution in [1.29, 1.82) is 0 Å². The first-order valence-corrected chi connectivity index (χ1v) is 15.1. The number of nitro groups is 1. The molecule has 8 atom stereocenters. The predicted octanol–water partition coefficient (Wildman–Crippen LogP) is 4.83. The average molecular weight is 584 g/mol. The monoisotopic (exact) mass is 583 g/mol. The maximum atomic E-state index is 13.5. The number of carbonyl (C=O) groups is 2. The maximum Gasteiger partial charge on any atom is 0.316 e. The van der Waals surface area contributed by atoms with E-state index < -0.39 is 39.5 Å². The van der Waals surface area contributed by atoms with Crippen LogP contribution in [0.25, 0.3) is 10.9 Å². The van der Waals surface area contributed by atoms with Crippen LogP contribution in [0.5, 0.6) is 0 Å². The Labute approximate surface area is 242 Å². The second-order valence-corrected chi connectivity index (χ2v) is 13.6. The number of ketones is 1. The number of aromatic amines is 1. The molecule has 41 heavy (non-hydrogen) atoms. The second-order valence-electron chi connectivity index (χ2n) is 12.7. The van der Waals surface area contributed by atoms with Gasteiger partial charge in [-0.05, 0) is 49.0 Å². The molecule has 3 aliphatic rings. The quantitative estimate of drug-likeness (QED) is 0.122. The standard InChI is InChI=1S/C30H37N3O7S/c1-6-28(4)14-21(29(5)16(2)10-12-30(17(3)25(28)36)13-11-20(34)24(29)30)40-22(35)15-41-27-31-18-8-7-9-19(33(38)39)23(18)26(37)32-27/h6-9,16-17,21,24-25,36H,1,10-15H2,2-5H3,(H,31,32,37)/t16-,17+,21-,24+,25+,28-,29+,30+/m1/s1. The van der Waals surface area contributed by atoms with Gasteiger partial charge in [0.15, 0.2) is 5.16 Å². The van der Waals surface area contributed by atoms with E-state index in [0.29, 0.717) is 12.8 Å². The third-order valence-electron chi connectivity index (χ3n) is 10.8. The minimum absolute atomic E-state index is 0.110. The number of esters is 1. The molecule has 2 N–H and O–H groups in total. The SMILES string of the molecule is C=C[C@]1(C)C[C@@H](OC(=O)CSc2nc3cccc([N+](=O)[O-])c3c(=O)[nH]2)[C@]2(C)[C@H](C)CC[C@]3(CCC(=O)[C@H]32)[C@@H](C)[C@@H]1O. The third kappa shape index (κ3) is 4.52. The van der Waals surface area contributed by atoms with Crippen LogP contribution >= 0.6 is 11.8 Å². The van der Waals surface area contributed by atoms with Gasteiger partial charge in [-0.3, -0.25) is 24.5 Å². The molecule has 0 saturated heterocycles. The lowest BCUT2D eigenvalue weighted by atomic mass is 9.44. The van der Waals surface area contributed by atoms with E-state index in [1.807, 2.05) is 6.92 Å². The van der Waals surface area contributed by atoms with Gasteiger partial charge >= 0.3 is 5.97 Å². The fraction of sp³-hybridized carbons (Fsp3) is 0.600. The van der Waals surface area contributed by atoms with Crippen LogP contribution in [0.15, 0.2) is 40.8 Å². The van der Waals surface area contributed by atoms with Crippen molar-refractivity contribution in [2.75, 3.05) is 5.75 Å². The minimum Gasteiger partial charge on any atom is -0.461 e. The van der Waals surface area contributed by atoms with Crippen molar-refractivity contribution in [3.8, 4) is 0 Å². The molecule has 10 nitrogen and oxygen atoms in total. The van der Waals surface area contributed by atoms with Gasteiger partial charge in [0.1, 0.15) is 17.3 Å². The van der Waals surface area contributed by atoms with Crippen LogP contribution in [0.2, 0.25) is 0 Å². The van der Waals surface area contributed by atoms with Gasteiger partial charge in [-0.15, -0.1) is 6.58 Å². The number of hydrogen-bond donors (Lipinski definition) is 2. The van der Waals surface area contributed by atoms with Crippen LogP contribution in [0, 0.1) is 44.1 Å². The van der Waals surface area contributed by atoms with Gasteiger partial charge in [-0.25, -0.2) is 4.98 Å². The van der Waals surface area contributed by atoms with Crippen LogP contribution in [-0.2, 0) is 14.3 Å². The molecule has 0 unspecified atom stereocenters. The van der Waals surface area contributed by atoms with Crippen molar-refractivity contribution in [2.24, 2.45) is 34.0 Å². The molecule has 1 aromatic carbocycles. The third-order valence-corrected chi connectivity index (χ3v) is 11.6. The minimum atomic E-state index is -0.752. The Morgan fingerprint density at radius 2 is 2.05 bits per heavy atom. The Morgan fingerprint density at radius 3 is 2.73 bits per heavy atom. The Balaban J connectivity index is 1.44. The van der Waals surface area contributed by atoms with Crippen LogP contribution in [-0.4, -0.2) is 49.7 Å². The van der Waals surface area contributed by atoms with Crippen molar-refractivity contribution < 1.29 is 24.4 Å². The number of Topliss-reactive ketones (excluding diaryl/α,β-unsaturated/α-hetero) is 1. The molecule has 1 heterocycles. The summed E-state index contributed by atoms with van der Waals surface area (Å²) in [6, 6.07) is 4.20. The molecule has 3 saturated carbocycles. The highest BCUT2D eigenvalue weighted by Gasteiger charge is 2.68. The molecule has 11 heteroatoms. The normalized spacial score (nSPS) is 36.7.